The van der Waals surface area contributed by atoms with Gasteiger partial charge in [-0.1, -0.05) is 26.0 Å². The highest BCUT2D eigenvalue weighted by molar-refractivity contribution is 5.88. The van der Waals surface area contributed by atoms with Crippen LogP contribution in [0.15, 0.2) is 54.7 Å². The van der Waals surface area contributed by atoms with Gasteiger partial charge in [-0.25, -0.2) is 23.5 Å². The number of ether oxygens (including phenoxy) is 1. The number of likely N-dealkylation sites (tertiary alicyclic amines) is 1. The lowest BCUT2D eigenvalue weighted by molar-refractivity contribution is -0.135. The molecule has 204 valence electrons. The molecule has 39 heavy (non-hydrogen) atoms. The van der Waals surface area contributed by atoms with Crippen molar-refractivity contribution in [1.82, 2.24) is 14.9 Å². The summed E-state index contributed by atoms with van der Waals surface area (Å²) in [6, 6.07) is 11.9. The molecule has 2 aromatic carbocycles. The molecule has 0 spiro atoms. The predicted molar refractivity (Wildman–Crippen MR) is 140 cm³/mol. The van der Waals surface area contributed by atoms with Gasteiger partial charge in [0.15, 0.2) is 0 Å². The van der Waals surface area contributed by atoms with Crippen LogP contribution < -0.4 is 9.64 Å². The molecule has 3 heterocycles. The summed E-state index contributed by atoms with van der Waals surface area (Å²) in [6.07, 6.45) is 1.98. The standard InChI is InChI=1S/C29H30F2N4O4/c1-17(2)27(36)35-15-23(18-3-5-19(30)6-4-18)24-14-34(12-11-26(24)35)29-32-13-22(28(37)38)25(33-29)16-39-21-9-7-20(31)8-10-21/h3-10,13,17,23-24,26H,11-12,14-16H2,1-2H3,(H,37,38). The molecule has 8 nitrogen and oxygen atoms in total. The third-order valence-electron chi connectivity index (χ3n) is 7.56. The third-order valence-corrected chi connectivity index (χ3v) is 7.56. The topological polar surface area (TPSA) is 95.9 Å². The highest BCUT2D eigenvalue weighted by atomic mass is 19.1. The van der Waals surface area contributed by atoms with Gasteiger partial charge in [0.1, 0.15) is 29.6 Å². The van der Waals surface area contributed by atoms with Crippen LogP contribution in [0.25, 0.3) is 0 Å². The summed E-state index contributed by atoms with van der Waals surface area (Å²) in [5.74, 6) is -1.07. The van der Waals surface area contributed by atoms with Crippen LogP contribution in [-0.4, -0.2) is 57.5 Å². The van der Waals surface area contributed by atoms with Gasteiger partial charge in [0, 0.05) is 49.6 Å². The number of carbonyl (C=O) groups excluding carboxylic acids is 1. The average Bonchev–Trinajstić information content (AvgIpc) is 3.31. The summed E-state index contributed by atoms with van der Waals surface area (Å²) in [6.45, 7) is 5.36. The zero-order chi connectivity index (χ0) is 27.7. The zero-order valence-electron chi connectivity index (χ0n) is 21.8. The van der Waals surface area contributed by atoms with E-state index < -0.39 is 11.8 Å². The van der Waals surface area contributed by atoms with Crippen LogP contribution in [0.3, 0.4) is 0 Å². The normalized spacial score (nSPS) is 20.7. The molecular weight excluding hydrogens is 506 g/mol. The molecule has 0 aliphatic carbocycles. The van der Waals surface area contributed by atoms with E-state index in [1.165, 1.54) is 42.6 Å². The molecule has 5 rings (SSSR count). The third kappa shape index (κ3) is 5.55. The first-order chi connectivity index (χ1) is 18.7. The number of carboxylic acids is 1. The van der Waals surface area contributed by atoms with Crippen molar-refractivity contribution in [3.05, 3.63) is 83.2 Å². The lowest BCUT2D eigenvalue weighted by Crippen LogP contribution is -2.49. The Labute approximate surface area is 225 Å². The van der Waals surface area contributed by atoms with Crippen LogP contribution in [0, 0.1) is 23.5 Å². The van der Waals surface area contributed by atoms with Gasteiger partial charge in [0.2, 0.25) is 11.9 Å². The minimum atomic E-state index is -1.17. The maximum Gasteiger partial charge on any atom is 0.339 e. The molecule has 3 unspecified atom stereocenters. The van der Waals surface area contributed by atoms with Crippen LogP contribution in [0.4, 0.5) is 14.7 Å². The molecule has 3 aromatic rings. The van der Waals surface area contributed by atoms with Gasteiger partial charge >= 0.3 is 5.97 Å². The largest absolute Gasteiger partial charge is 0.487 e. The van der Waals surface area contributed by atoms with Gasteiger partial charge in [-0.05, 0) is 48.4 Å². The van der Waals surface area contributed by atoms with Crippen molar-refractivity contribution in [2.45, 2.75) is 38.8 Å². The van der Waals surface area contributed by atoms with E-state index in [0.29, 0.717) is 37.8 Å². The summed E-state index contributed by atoms with van der Waals surface area (Å²) in [4.78, 5) is 37.8. The van der Waals surface area contributed by atoms with E-state index in [9.17, 15) is 23.5 Å². The van der Waals surface area contributed by atoms with Crippen molar-refractivity contribution in [2.24, 2.45) is 11.8 Å². The van der Waals surface area contributed by atoms with Crippen LogP contribution in [0.1, 0.15) is 47.8 Å². The first-order valence-corrected chi connectivity index (χ1v) is 13.0. The van der Waals surface area contributed by atoms with Crippen LogP contribution in [0.5, 0.6) is 5.75 Å². The summed E-state index contributed by atoms with van der Waals surface area (Å²) < 4.78 is 32.6. The molecule has 1 amide bonds. The van der Waals surface area contributed by atoms with Crippen LogP contribution >= 0.6 is 0 Å². The fraction of sp³-hybridized carbons (Fsp3) is 0.379. The number of amides is 1. The van der Waals surface area contributed by atoms with E-state index in [2.05, 4.69) is 9.97 Å². The molecule has 2 aliphatic rings. The van der Waals surface area contributed by atoms with E-state index in [-0.39, 0.29) is 53.4 Å². The predicted octanol–water partition coefficient (Wildman–Crippen LogP) is 4.51. The van der Waals surface area contributed by atoms with Gasteiger partial charge in [-0.15, -0.1) is 0 Å². The zero-order valence-corrected chi connectivity index (χ0v) is 21.8. The molecule has 2 aliphatic heterocycles. The Morgan fingerprint density at radius 3 is 2.36 bits per heavy atom. The van der Waals surface area contributed by atoms with Crippen LogP contribution in [0.2, 0.25) is 0 Å². The highest BCUT2D eigenvalue weighted by Crippen LogP contribution is 2.42. The van der Waals surface area contributed by atoms with E-state index in [0.717, 1.165) is 5.56 Å². The Kier molecular flexibility index (Phi) is 7.45. The Morgan fingerprint density at radius 2 is 1.72 bits per heavy atom. The van der Waals surface area contributed by atoms with Crippen molar-refractivity contribution < 1.29 is 28.2 Å². The molecule has 2 saturated heterocycles. The highest BCUT2D eigenvalue weighted by Gasteiger charge is 2.47. The van der Waals surface area contributed by atoms with Gasteiger partial charge < -0.3 is 19.6 Å². The minimum absolute atomic E-state index is 0.0145. The number of hydrogen-bond donors (Lipinski definition) is 1. The smallest absolute Gasteiger partial charge is 0.339 e. The first kappa shape index (κ1) is 26.5. The molecule has 0 saturated carbocycles. The Hall–Kier alpha value is -4.08. The number of piperidine rings is 1. The average molecular weight is 537 g/mol. The number of carboxylic acid groups (broad SMARTS) is 1. The Balaban J connectivity index is 1.40. The first-order valence-electron chi connectivity index (χ1n) is 13.0. The minimum Gasteiger partial charge on any atom is -0.487 e. The second-order valence-corrected chi connectivity index (χ2v) is 10.3. The monoisotopic (exact) mass is 536 g/mol. The molecule has 3 atom stereocenters. The molecule has 1 aromatic heterocycles. The van der Waals surface area contributed by atoms with E-state index in [1.807, 2.05) is 23.6 Å². The summed E-state index contributed by atoms with van der Waals surface area (Å²) >= 11 is 0. The molecule has 1 N–H and O–H groups in total. The van der Waals surface area contributed by atoms with E-state index >= 15 is 0 Å². The van der Waals surface area contributed by atoms with Gasteiger partial charge in [-0.2, -0.15) is 0 Å². The van der Waals surface area contributed by atoms with E-state index in [1.54, 1.807) is 12.1 Å². The van der Waals surface area contributed by atoms with Gasteiger partial charge in [0.25, 0.3) is 0 Å². The molecule has 10 heteroatoms. The van der Waals surface area contributed by atoms with E-state index in [4.69, 9.17) is 4.74 Å². The number of fused-ring (bicyclic) bond motifs is 1. The van der Waals surface area contributed by atoms with Crippen molar-refractivity contribution in [1.29, 1.82) is 0 Å². The van der Waals surface area contributed by atoms with Crippen molar-refractivity contribution >= 4 is 17.8 Å². The quantitative estimate of drug-likeness (QED) is 0.475. The van der Waals surface area contributed by atoms with Crippen molar-refractivity contribution in [3.8, 4) is 5.75 Å². The molecule has 0 radical (unpaired) electrons. The van der Waals surface area contributed by atoms with Crippen LogP contribution in [-0.2, 0) is 11.4 Å². The molecular formula is C29H30F2N4O4. The maximum absolute atomic E-state index is 13.7. The second kappa shape index (κ2) is 11.0. The Morgan fingerprint density at radius 1 is 1.05 bits per heavy atom. The summed E-state index contributed by atoms with van der Waals surface area (Å²) in [5.41, 5.74) is 1.11. The fourth-order valence-electron chi connectivity index (χ4n) is 5.59. The summed E-state index contributed by atoms with van der Waals surface area (Å²) in [7, 11) is 0. The number of benzene rings is 2. The number of carbonyl (C=O) groups is 2. The lowest BCUT2D eigenvalue weighted by Gasteiger charge is -2.39. The van der Waals surface area contributed by atoms with Gasteiger partial charge in [-0.3, -0.25) is 4.79 Å². The lowest BCUT2D eigenvalue weighted by atomic mass is 9.82. The molecule has 2 fully saturated rings. The number of aromatic nitrogens is 2. The number of rotatable bonds is 7. The Bertz CT molecular complexity index is 1350. The summed E-state index contributed by atoms with van der Waals surface area (Å²) in [5, 5.41) is 9.67. The maximum atomic E-state index is 13.7. The van der Waals surface area contributed by atoms with Crippen molar-refractivity contribution in [2.75, 3.05) is 24.5 Å². The number of aromatic carboxylic acids is 1. The SMILES string of the molecule is CC(C)C(=O)N1CC(c2ccc(F)cc2)C2CN(c3ncc(C(=O)O)c(COc4ccc(F)cc4)n3)CCC21. The number of nitrogens with zero attached hydrogens (tertiary/aromatic N) is 4. The fourth-order valence-corrected chi connectivity index (χ4v) is 5.59. The van der Waals surface area contributed by atoms with Gasteiger partial charge in [0.05, 0.1) is 5.69 Å². The number of halogens is 2. The number of hydrogen-bond acceptors (Lipinski definition) is 6. The second-order valence-electron chi connectivity index (χ2n) is 10.3. The van der Waals surface area contributed by atoms with Crippen molar-refractivity contribution in [3.63, 3.8) is 0 Å². The molecule has 0 bridgehead atoms. The number of anilines is 1.